The Morgan fingerprint density at radius 2 is 2.07 bits per heavy atom. The van der Waals surface area contributed by atoms with Gasteiger partial charge in [-0.05, 0) is 18.7 Å². The van der Waals surface area contributed by atoms with Gasteiger partial charge in [0.15, 0.2) is 0 Å². The van der Waals surface area contributed by atoms with Gasteiger partial charge < -0.3 is 0 Å². The van der Waals surface area contributed by atoms with Crippen LogP contribution in [0.25, 0.3) is 22.0 Å². The Labute approximate surface area is 166 Å². The Balaban J connectivity index is 1.42. The lowest BCUT2D eigenvalue weighted by molar-refractivity contribution is -0.147. The summed E-state index contributed by atoms with van der Waals surface area (Å²) in [6.07, 6.45) is 2.86. The summed E-state index contributed by atoms with van der Waals surface area (Å²) in [6, 6.07) is 5.97. The van der Waals surface area contributed by atoms with Crippen LogP contribution in [0.5, 0.6) is 0 Å². The number of nitrogens with zero attached hydrogens (tertiary/aromatic N) is 5. The van der Waals surface area contributed by atoms with E-state index in [4.69, 9.17) is 0 Å². The molecule has 1 saturated carbocycles. The van der Waals surface area contributed by atoms with Gasteiger partial charge in [-0.25, -0.2) is 18.7 Å². The molecule has 150 valence electrons. The van der Waals surface area contributed by atoms with E-state index in [9.17, 15) is 13.6 Å². The molecule has 2 aliphatic rings. The zero-order valence-electron chi connectivity index (χ0n) is 16.1. The number of Topliss-reactive ketones (excluding diaryl/α,β-unsaturated/α-hetero) is 1. The number of fused-ring (bicyclic) bond motifs is 2. The molecule has 1 aromatic carbocycles. The van der Waals surface area contributed by atoms with E-state index in [1.54, 1.807) is 6.20 Å². The fourth-order valence-corrected chi connectivity index (χ4v) is 4.11. The summed E-state index contributed by atoms with van der Waals surface area (Å²) in [5, 5.41) is 5.38. The van der Waals surface area contributed by atoms with Gasteiger partial charge in [0.25, 0.3) is 0 Å². The number of rotatable bonds is 4. The fourth-order valence-electron chi connectivity index (χ4n) is 4.11. The number of benzene rings is 1. The second kappa shape index (κ2) is 6.66. The largest absolute Gasteiger partial charge is 0.299 e. The Kier molecular flexibility index (Phi) is 4.20. The van der Waals surface area contributed by atoms with E-state index >= 15 is 0 Å². The van der Waals surface area contributed by atoms with Crippen molar-refractivity contribution in [3.8, 4) is 11.1 Å². The second-order valence-corrected chi connectivity index (χ2v) is 8.13. The van der Waals surface area contributed by atoms with Gasteiger partial charge in [-0.3, -0.25) is 14.4 Å². The number of carbonyl (C=O) groups is 1. The Bertz CT molecular complexity index is 1100. The van der Waals surface area contributed by atoms with Crippen LogP contribution in [0.15, 0.2) is 30.6 Å². The molecule has 6 nitrogen and oxygen atoms in total. The van der Waals surface area contributed by atoms with Gasteiger partial charge in [0.05, 0.1) is 30.4 Å². The van der Waals surface area contributed by atoms with Gasteiger partial charge in [0, 0.05) is 49.0 Å². The predicted molar refractivity (Wildman–Crippen MR) is 103 cm³/mol. The van der Waals surface area contributed by atoms with Gasteiger partial charge in [0.1, 0.15) is 11.6 Å². The van der Waals surface area contributed by atoms with Crippen LogP contribution < -0.4 is 0 Å². The van der Waals surface area contributed by atoms with E-state index in [0.717, 1.165) is 41.7 Å². The normalized spacial score (nSPS) is 19.1. The molecule has 3 aromatic rings. The highest BCUT2D eigenvalue weighted by molar-refractivity contribution is 5.86. The molecule has 0 bridgehead atoms. The lowest BCUT2D eigenvalue weighted by Crippen LogP contribution is -2.40. The third-order valence-electron chi connectivity index (χ3n) is 5.88. The molecule has 0 spiro atoms. The molecule has 3 heterocycles. The molecule has 0 unspecified atom stereocenters. The minimum absolute atomic E-state index is 0.00507. The Morgan fingerprint density at radius 1 is 1.24 bits per heavy atom. The zero-order chi connectivity index (χ0) is 20.2. The van der Waals surface area contributed by atoms with Crippen molar-refractivity contribution in [2.75, 3.05) is 13.6 Å². The van der Waals surface area contributed by atoms with Crippen molar-refractivity contribution in [1.82, 2.24) is 24.6 Å². The number of carbonyl (C=O) groups excluding carboxylic acids is 1. The maximum atomic E-state index is 13.0. The van der Waals surface area contributed by atoms with Crippen molar-refractivity contribution in [2.24, 2.45) is 5.92 Å². The number of alkyl halides is 2. The van der Waals surface area contributed by atoms with Gasteiger partial charge >= 0.3 is 0 Å². The summed E-state index contributed by atoms with van der Waals surface area (Å²) in [6.45, 7) is 2.68. The summed E-state index contributed by atoms with van der Waals surface area (Å²) in [7, 11) is 2.09. The van der Waals surface area contributed by atoms with Crippen LogP contribution in [-0.4, -0.2) is 49.9 Å². The SMILES string of the molecule is CN1CCn2ncc(-c3ccc4cnc(CC(=O)C5CC(F)(F)C5)nc4c3)c2C1. The fraction of sp³-hybridized carbons (Fsp3) is 0.429. The molecule has 0 amide bonds. The number of hydrogen-bond acceptors (Lipinski definition) is 5. The first-order valence-electron chi connectivity index (χ1n) is 9.78. The van der Waals surface area contributed by atoms with E-state index in [1.165, 1.54) is 5.69 Å². The molecule has 0 atom stereocenters. The average Bonchev–Trinajstić information content (AvgIpc) is 3.08. The summed E-state index contributed by atoms with van der Waals surface area (Å²) in [5.41, 5.74) is 4.01. The first kappa shape index (κ1) is 18.3. The molecule has 0 N–H and O–H groups in total. The van der Waals surface area contributed by atoms with Crippen LogP contribution in [0, 0.1) is 5.92 Å². The van der Waals surface area contributed by atoms with E-state index in [2.05, 4.69) is 27.0 Å². The summed E-state index contributed by atoms with van der Waals surface area (Å²) in [4.78, 5) is 23.3. The summed E-state index contributed by atoms with van der Waals surface area (Å²) >= 11 is 0. The lowest BCUT2D eigenvalue weighted by Gasteiger charge is -2.33. The lowest BCUT2D eigenvalue weighted by atomic mass is 9.77. The van der Waals surface area contributed by atoms with Crippen molar-refractivity contribution < 1.29 is 13.6 Å². The number of likely N-dealkylation sites (N-methyl/N-ethyl adjacent to an activating group) is 1. The highest BCUT2D eigenvalue weighted by atomic mass is 19.3. The number of halogens is 2. The van der Waals surface area contributed by atoms with E-state index in [-0.39, 0.29) is 25.0 Å². The topological polar surface area (TPSA) is 63.9 Å². The highest BCUT2D eigenvalue weighted by Gasteiger charge is 2.48. The van der Waals surface area contributed by atoms with Crippen LogP contribution in [0.2, 0.25) is 0 Å². The molecule has 2 aromatic heterocycles. The van der Waals surface area contributed by atoms with Crippen LogP contribution in [0.3, 0.4) is 0 Å². The van der Waals surface area contributed by atoms with Gasteiger partial charge in [-0.2, -0.15) is 5.10 Å². The smallest absolute Gasteiger partial charge is 0.249 e. The van der Waals surface area contributed by atoms with Crippen molar-refractivity contribution in [1.29, 1.82) is 0 Å². The summed E-state index contributed by atoms with van der Waals surface area (Å²) in [5.74, 6) is -3.10. The van der Waals surface area contributed by atoms with E-state index < -0.39 is 11.8 Å². The van der Waals surface area contributed by atoms with Crippen LogP contribution >= 0.6 is 0 Å². The highest BCUT2D eigenvalue weighted by Crippen LogP contribution is 2.43. The number of hydrogen-bond donors (Lipinski definition) is 0. The zero-order valence-corrected chi connectivity index (χ0v) is 16.1. The molecule has 5 rings (SSSR count). The average molecular weight is 397 g/mol. The Morgan fingerprint density at radius 3 is 2.86 bits per heavy atom. The maximum Gasteiger partial charge on any atom is 0.249 e. The third kappa shape index (κ3) is 3.42. The molecular weight excluding hydrogens is 376 g/mol. The Hall–Kier alpha value is -2.74. The first-order chi connectivity index (χ1) is 13.9. The molecule has 0 saturated heterocycles. The van der Waals surface area contributed by atoms with E-state index in [0.29, 0.717) is 5.82 Å². The minimum atomic E-state index is -2.70. The van der Waals surface area contributed by atoms with E-state index in [1.807, 2.05) is 29.1 Å². The minimum Gasteiger partial charge on any atom is -0.299 e. The maximum absolute atomic E-state index is 13.0. The standard InChI is InChI=1S/C21H21F2N5O/c1-27-4-5-28-18(12-27)16(11-25-28)13-2-3-14-10-24-20(26-17(14)6-13)7-19(29)15-8-21(22,23)9-15/h2-3,6,10-11,15H,4-5,7-9,12H2,1H3. The third-order valence-corrected chi connectivity index (χ3v) is 5.88. The van der Waals surface area contributed by atoms with Crippen molar-refractivity contribution >= 4 is 16.7 Å². The quantitative estimate of drug-likeness (QED) is 0.677. The van der Waals surface area contributed by atoms with Crippen LogP contribution in [0.4, 0.5) is 8.78 Å². The predicted octanol–water partition coefficient (Wildman–Crippen LogP) is 3.10. The van der Waals surface area contributed by atoms with Gasteiger partial charge in [-0.15, -0.1) is 0 Å². The summed E-state index contributed by atoms with van der Waals surface area (Å²) < 4.78 is 28.1. The molecule has 8 heteroatoms. The van der Waals surface area contributed by atoms with Crippen LogP contribution in [0.1, 0.15) is 24.4 Å². The molecule has 1 fully saturated rings. The number of aromatic nitrogens is 4. The monoisotopic (exact) mass is 397 g/mol. The van der Waals surface area contributed by atoms with Crippen LogP contribution in [-0.2, 0) is 24.3 Å². The molecule has 0 radical (unpaired) electrons. The van der Waals surface area contributed by atoms with Crippen molar-refractivity contribution in [3.63, 3.8) is 0 Å². The number of ketones is 1. The molecular formula is C21H21F2N5O. The molecule has 1 aliphatic heterocycles. The molecule has 1 aliphatic carbocycles. The van der Waals surface area contributed by atoms with Gasteiger partial charge in [-0.1, -0.05) is 12.1 Å². The van der Waals surface area contributed by atoms with Crippen molar-refractivity contribution in [2.45, 2.75) is 38.3 Å². The molecule has 29 heavy (non-hydrogen) atoms. The van der Waals surface area contributed by atoms with Gasteiger partial charge in [0.2, 0.25) is 5.92 Å². The first-order valence-corrected chi connectivity index (χ1v) is 9.78. The van der Waals surface area contributed by atoms with Crippen molar-refractivity contribution in [3.05, 3.63) is 42.1 Å². The second-order valence-electron chi connectivity index (χ2n) is 8.13.